The van der Waals surface area contributed by atoms with E-state index in [0.717, 1.165) is 12.8 Å². The van der Waals surface area contributed by atoms with Crippen LogP contribution >= 0.6 is 0 Å². The van der Waals surface area contributed by atoms with Crippen LogP contribution in [0.4, 0.5) is 0 Å². The van der Waals surface area contributed by atoms with E-state index in [1.165, 1.54) is 6.42 Å². The third-order valence-electron chi connectivity index (χ3n) is 1.77. The molecule has 0 bridgehead atoms. The molecule has 0 radical (unpaired) electrons. The summed E-state index contributed by atoms with van der Waals surface area (Å²) in [7, 11) is 0. The average Bonchev–Trinajstić information content (AvgIpc) is 1.88. The predicted molar refractivity (Wildman–Crippen MR) is 35.3 cm³/mol. The van der Waals surface area contributed by atoms with Crippen molar-refractivity contribution in [3.05, 3.63) is 0 Å². The fraction of sp³-hybridized carbons (Fsp3) is 1.00. The summed E-state index contributed by atoms with van der Waals surface area (Å²) in [6, 6.07) is 0. The summed E-state index contributed by atoms with van der Waals surface area (Å²) < 4.78 is 5.39. The first kappa shape index (κ1) is 7.03. The summed E-state index contributed by atoms with van der Waals surface area (Å²) in [5.41, 5.74) is 0. The second kappa shape index (κ2) is 3.18. The highest BCUT2D eigenvalue weighted by Crippen LogP contribution is 2.17. The monoisotopic (exact) mass is 130 g/mol. The minimum Gasteiger partial charge on any atom is -0.394 e. The summed E-state index contributed by atoms with van der Waals surface area (Å²) in [6.07, 6.45) is 3.86. The van der Waals surface area contributed by atoms with Gasteiger partial charge in [0.2, 0.25) is 0 Å². The molecule has 0 aromatic rings. The summed E-state index contributed by atoms with van der Waals surface area (Å²) >= 11 is 0. The number of ether oxygens (including phenoxy) is 1. The van der Waals surface area contributed by atoms with Crippen molar-refractivity contribution >= 4 is 0 Å². The fourth-order valence-corrected chi connectivity index (χ4v) is 1.23. The molecular weight excluding hydrogens is 116 g/mol. The first-order chi connectivity index (χ1) is 4.33. The van der Waals surface area contributed by atoms with E-state index >= 15 is 0 Å². The Morgan fingerprint density at radius 1 is 1.56 bits per heavy atom. The lowest BCUT2D eigenvalue weighted by atomic mass is 10.1. The minimum absolute atomic E-state index is 0.119. The quantitative estimate of drug-likeness (QED) is 0.572. The maximum absolute atomic E-state index is 8.68. The second-order valence-corrected chi connectivity index (χ2v) is 2.68. The smallest absolute Gasteiger partial charge is 0.0809 e. The van der Waals surface area contributed by atoms with Gasteiger partial charge in [0.15, 0.2) is 0 Å². The van der Waals surface area contributed by atoms with Crippen LogP contribution < -0.4 is 0 Å². The Hall–Kier alpha value is -0.0800. The molecule has 1 rings (SSSR count). The van der Waals surface area contributed by atoms with Crippen LogP contribution in [0.5, 0.6) is 0 Å². The Bertz CT molecular complexity index is 83.0. The van der Waals surface area contributed by atoms with Crippen molar-refractivity contribution in [2.24, 2.45) is 0 Å². The molecule has 0 aromatic carbocycles. The first-order valence-corrected chi connectivity index (χ1v) is 3.59. The van der Waals surface area contributed by atoms with E-state index < -0.39 is 0 Å². The van der Waals surface area contributed by atoms with Crippen molar-refractivity contribution < 1.29 is 9.84 Å². The van der Waals surface area contributed by atoms with Crippen molar-refractivity contribution in [3.8, 4) is 0 Å². The van der Waals surface area contributed by atoms with Gasteiger partial charge in [0, 0.05) is 0 Å². The van der Waals surface area contributed by atoms with Crippen molar-refractivity contribution in [3.63, 3.8) is 0 Å². The van der Waals surface area contributed by atoms with E-state index in [0.29, 0.717) is 6.10 Å². The molecule has 2 atom stereocenters. The van der Waals surface area contributed by atoms with E-state index in [2.05, 4.69) is 6.92 Å². The number of hydrogen-bond donors (Lipinski definition) is 1. The van der Waals surface area contributed by atoms with Crippen molar-refractivity contribution in [2.45, 2.75) is 38.4 Å². The van der Waals surface area contributed by atoms with Crippen LogP contribution in [0.15, 0.2) is 0 Å². The highest BCUT2D eigenvalue weighted by Gasteiger charge is 2.17. The van der Waals surface area contributed by atoms with Crippen molar-refractivity contribution in [1.29, 1.82) is 0 Å². The van der Waals surface area contributed by atoms with E-state index in [1.807, 2.05) is 0 Å². The van der Waals surface area contributed by atoms with E-state index in [4.69, 9.17) is 9.84 Å². The summed E-state index contributed by atoms with van der Waals surface area (Å²) in [5, 5.41) is 8.68. The average molecular weight is 130 g/mol. The van der Waals surface area contributed by atoms with Gasteiger partial charge < -0.3 is 9.84 Å². The Balaban J connectivity index is 2.23. The molecule has 0 saturated carbocycles. The third-order valence-corrected chi connectivity index (χ3v) is 1.77. The Morgan fingerprint density at radius 3 is 2.78 bits per heavy atom. The molecule has 1 fully saturated rings. The van der Waals surface area contributed by atoms with Gasteiger partial charge in [-0.25, -0.2) is 0 Å². The number of aliphatic hydroxyl groups excluding tert-OH is 1. The predicted octanol–water partition coefficient (Wildman–Crippen LogP) is 0.936. The van der Waals surface area contributed by atoms with Crippen LogP contribution in [0.2, 0.25) is 0 Å². The highest BCUT2D eigenvalue weighted by atomic mass is 16.5. The molecule has 1 aliphatic rings. The topological polar surface area (TPSA) is 29.5 Å². The molecule has 1 unspecified atom stereocenters. The van der Waals surface area contributed by atoms with Crippen LogP contribution in [0.25, 0.3) is 0 Å². The lowest BCUT2D eigenvalue weighted by Gasteiger charge is -2.25. The van der Waals surface area contributed by atoms with E-state index in [9.17, 15) is 0 Å². The summed E-state index contributed by atoms with van der Waals surface area (Å²) in [4.78, 5) is 0. The van der Waals surface area contributed by atoms with Gasteiger partial charge >= 0.3 is 0 Å². The summed E-state index contributed by atoms with van der Waals surface area (Å²) in [5.74, 6) is 0. The number of rotatable bonds is 1. The standard InChI is InChI=1S/C7H14O2/c1-6-3-2-4-7(5-8)9-6/h6-8H,2-5H2,1H3/t6-,7?/m0/s1. The van der Waals surface area contributed by atoms with Crippen molar-refractivity contribution in [2.75, 3.05) is 6.61 Å². The van der Waals surface area contributed by atoms with Crippen LogP contribution in [0, 0.1) is 0 Å². The van der Waals surface area contributed by atoms with Gasteiger partial charge in [0.25, 0.3) is 0 Å². The largest absolute Gasteiger partial charge is 0.394 e. The molecule has 1 saturated heterocycles. The fourth-order valence-electron chi connectivity index (χ4n) is 1.23. The van der Waals surface area contributed by atoms with Gasteiger partial charge in [-0.2, -0.15) is 0 Å². The van der Waals surface area contributed by atoms with Crippen LogP contribution in [-0.2, 0) is 4.74 Å². The van der Waals surface area contributed by atoms with Crippen LogP contribution in [-0.4, -0.2) is 23.9 Å². The molecule has 2 heteroatoms. The zero-order valence-corrected chi connectivity index (χ0v) is 5.84. The number of aliphatic hydroxyl groups is 1. The van der Waals surface area contributed by atoms with Gasteiger partial charge in [-0.15, -0.1) is 0 Å². The molecule has 0 aliphatic carbocycles. The van der Waals surface area contributed by atoms with Crippen molar-refractivity contribution in [1.82, 2.24) is 0 Å². The SMILES string of the molecule is C[C@H]1CCCC(CO)O1. The molecular formula is C7H14O2. The molecule has 0 amide bonds. The van der Waals surface area contributed by atoms with Gasteiger partial charge in [-0.3, -0.25) is 0 Å². The molecule has 1 aliphatic heterocycles. The Labute approximate surface area is 55.8 Å². The molecule has 9 heavy (non-hydrogen) atoms. The molecule has 0 aromatic heterocycles. The zero-order valence-electron chi connectivity index (χ0n) is 5.84. The minimum atomic E-state index is 0.119. The zero-order chi connectivity index (χ0) is 6.69. The van der Waals surface area contributed by atoms with Crippen LogP contribution in [0.1, 0.15) is 26.2 Å². The maximum atomic E-state index is 8.68. The lowest BCUT2D eigenvalue weighted by Crippen LogP contribution is -2.27. The molecule has 1 N–H and O–H groups in total. The van der Waals surface area contributed by atoms with Crippen LogP contribution in [0.3, 0.4) is 0 Å². The molecule has 54 valence electrons. The molecule has 0 spiro atoms. The normalized spacial score (nSPS) is 36.7. The van der Waals surface area contributed by atoms with Gasteiger partial charge in [0.05, 0.1) is 18.8 Å². The lowest BCUT2D eigenvalue weighted by molar-refractivity contribution is -0.0633. The second-order valence-electron chi connectivity index (χ2n) is 2.68. The van der Waals surface area contributed by atoms with E-state index in [1.54, 1.807) is 0 Å². The maximum Gasteiger partial charge on any atom is 0.0809 e. The molecule has 1 heterocycles. The number of hydrogen-bond acceptors (Lipinski definition) is 2. The first-order valence-electron chi connectivity index (χ1n) is 3.59. The Kier molecular flexibility index (Phi) is 2.49. The third kappa shape index (κ3) is 1.95. The summed E-state index contributed by atoms with van der Waals surface area (Å²) in [6.45, 7) is 2.24. The van der Waals surface area contributed by atoms with Gasteiger partial charge in [0.1, 0.15) is 0 Å². The molecule has 2 nitrogen and oxygen atoms in total. The highest BCUT2D eigenvalue weighted by molar-refractivity contribution is 4.66. The van der Waals surface area contributed by atoms with Gasteiger partial charge in [-0.1, -0.05) is 0 Å². The Morgan fingerprint density at radius 2 is 2.33 bits per heavy atom. The van der Waals surface area contributed by atoms with Gasteiger partial charge in [-0.05, 0) is 26.2 Å². The van der Waals surface area contributed by atoms with E-state index in [-0.39, 0.29) is 12.7 Å².